The van der Waals surface area contributed by atoms with Gasteiger partial charge in [0.2, 0.25) is 5.91 Å². The van der Waals surface area contributed by atoms with Crippen molar-refractivity contribution in [2.75, 3.05) is 0 Å². The molecule has 2 aromatic rings. The van der Waals surface area contributed by atoms with Crippen LogP contribution in [0.4, 0.5) is 0 Å². The maximum atomic E-state index is 12.6. The van der Waals surface area contributed by atoms with Gasteiger partial charge in [0.05, 0.1) is 0 Å². The fourth-order valence-corrected chi connectivity index (χ4v) is 3.34. The second-order valence-electron chi connectivity index (χ2n) is 7.08. The Balaban J connectivity index is 1.68. The Morgan fingerprint density at radius 2 is 1.92 bits per heavy atom. The average molecular weight is 342 g/mol. The van der Waals surface area contributed by atoms with Gasteiger partial charge in [-0.15, -0.1) is 5.10 Å². The highest BCUT2D eigenvalue weighted by Gasteiger charge is 2.45. The molecule has 25 heavy (non-hydrogen) atoms. The van der Waals surface area contributed by atoms with Gasteiger partial charge in [-0.1, -0.05) is 38.1 Å². The van der Waals surface area contributed by atoms with Gasteiger partial charge in [0, 0.05) is 12.6 Å². The maximum Gasteiger partial charge on any atom is 0.346 e. The molecule has 0 radical (unpaired) electrons. The molecule has 2 unspecified atom stereocenters. The summed E-state index contributed by atoms with van der Waals surface area (Å²) < 4.78 is 8.14. The number of amides is 1. The third kappa shape index (κ3) is 2.78. The molecule has 0 bridgehead atoms. The van der Waals surface area contributed by atoms with Crippen LogP contribution < -0.4 is 11.0 Å². The van der Waals surface area contributed by atoms with Crippen molar-refractivity contribution in [2.45, 2.75) is 51.0 Å². The standard InChI is InChI=1S/C18H22N4O3/c1-10(2)11-4-6-12(7-5-11)15-20-22(18(24)21(15)3)13-8-9-14-17(25-14)19-16(13)23/h4-7,10,13-14,17H,8-9H2,1-3H3,(H,19,23)/t13-,14?,17?/m0/s1. The van der Waals surface area contributed by atoms with Gasteiger partial charge in [0.1, 0.15) is 12.1 Å². The van der Waals surface area contributed by atoms with E-state index in [1.807, 2.05) is 24.3 Å². The summed E-state index contributed by atoms with van der Waals surface area (Å²) in [6.45, 7) is 4.27. The predicted molar refractivity (Wildman–Crippen MR) is 92.1 cm³/mol. The van der Waals surface area contributed by atoms with Gasteiger partial charge in [0.25, 0.3) is 0 Å². The van der Waals surface area contributed by atoms with Crippen LogP contribution in [0.1, 0.15) is 44.2 Å². The van der Waals surface area contributed by atoms with Crippen molar-refractivity contribution in [3.05, 3.63) is 40.3 Å². The minimum absolute atomic E-state index is 0.0800. The second-order valence-corrected chi connectivity index (χ2v) is 7.08. The number of rotatable bonds is 3. The van der Waals surface area contributed by atoms with Gasteiger partial charge < -0.3 is 10.1 Å². The van der Waals surface area contributed by atoms with E-state index >= 15 is 0 Å². The Labute approximate surface area is 145 Å². The summed E-state index contributed by atoms with van der Waals surface area (Å²) in [4.78, 5) is 25.0. The zero-order valence-corrected chi connectivity index (χ0v) is 14.6. The molecule has 2 aliphatic heterocycles. The summed E-state index contributed by atoms with van der Waals surface area (Å²) >= 11 is 0. The first-order valence-electron chi connectivity index (χ1n) is 8.67. The number of aromatic nitrogens is 3. The zero-order valence-electron chi connectivity index (χ0n) is 14.6. The Kier molecular flexibility index (Phi) is 3.76. The number of carbonyl (C=O) groups excluding carboxylic acids is 1. The smallest absolute Gasteiger partial charge is 0.346 e. The molecular formula is C18H22N4O3. The molecule has 2 saturated heterocycles. The lowest BCUT2D eigenvalue weighted by atomic mass is 10.0. The van der Waals surface area contributed by atoms with E-state index in [9.17, 15) is 9.59 Å². The van der Waals surface area contributed by atoms with Crippen LogP contribution in [0.25, 0.3) is 11.4 Å². The van der Waals surface area contributed by atoms with Crippen LogP contribution in [0.3, 0.4) is 0 Å². The molecule has 1 aromatic heterocycles. The van der Waals surface area contributed by atoms with Crippen molar-refractivity contribution in [1.29, 1.82) is 0 Å². The maximum absolute atomic E-state index is 12.6. The summed E-state index contributed by atoms with van der Waals surface area (Å²) in [5, 5.41) is 7.29. The Morgan fingerprint density at radius 1 is 1.20 bits per heavy atom. The number of ether oxygens (including phenoxy) is 1. The van der Waals surface area contributed by atoms with E-state index in [1.165, 1.54) is 14.8 Å². The monoisotopic (exact) mass is 342 g/mol. The number of benzene rings is 1. The normalized spacial score (nSPS) is 25.4. The molecule has 2 aliphatic rings. The van der Waals surface area contributed by atoms with Gasteiger partial charge in [-0.3, -0.25) is 9.36 Å². The molecular weight excluding hydrogens is 320 g/mol. The van der Waals surface area contributed by atoms with Crippen molar-refractivity contribution in [3.63, 3.8) is 0 Å². The number of hydrogen-bond donors (Lipinski definition) is 1. The van der Waals surface area contributed by atoms with Crippen molar-refractivity contribution in [1.82, 2.24) is 19.7 Å². The number of fused-ring (bicyclic) bond motifs is 1. The molecule has 3 atom stereocenters. The lowest BCUT2D eigenvalue weighted by molar-refractivity contribution is -0.125. The molecule has 1 aromatic carbocycles. The van der Waals surface area contributed by atoms with E-state index < -0.39 is 6.04 Å². The van der Waals surface area contributed by atoms with Gasteiger partial charge in [0.15, 0.2) is 12.1 Å². The number of hydrogen-bond acceptors (Lipinski definition) is 4. The summed E-state index contributed by atoms with van der Waals surface area (Å²) in [5.41, 5.74) is 1.82. The van der Waals surface area contributed by atoms with E-state index in [-0.39, 0.29) is 23.9 Å². The largest absolute Gasteiger partial charge is 0.348 e. The Hall–Kier alpha value is -2.41. The highest BCUT2D eigenvalue weighted by molar-refractivity contribution is 5.81. The number of epoxide rings is 1. The van der Waals surface area contributed by atoms with Gasteiger partial charge >= 0.3 is 5.69 Å². The quantitative estimate of drug-likeness (QED) is 0.858. The van der Waals surface area contributed by atoms with Crippen LogP contribution in [0.5, 0.6) is 0 Å². The molecule has 0 saturated carbocycles. The summed E-state index contributed by atoms with van der Waals surface area (Å²) in [7, 11) is 1.69. The third-order valence-corrected chi connectivity index (χ3v) is 5.03. The van der Waals surface area contributed by atoms with E-state index in [0.29, 0.717) is 18.2 Å². The average Bonchev–Trinajstić information content (AvgIpc) is 3.29. The van der Waals surface area contributed by atoms with Gasteiger partial charge in [-0.05, 0) is 24.3 Å². The first kappa shape index (κ1) is 16.1. The Bertz CT molecular complexity index is 865. The molecule has 0 aliphatic carbocycles. The third-order valence-electron chi connectivity index (χ3n) is 5.03. The van der Waals surface area contributed by atoms with Crippen LogP contribution >= 0.6 is 0 Å². The Morgan fingerprint density at radius 3 is 2.60 bits per heavy atom. The number of nitrogens with zero attached hydrogens (tertiary/aromatic N) is 3. The van der Waals surface area contributed by atoms with Gasteiger partial charge in [-0.25, -0.2) is 9.48 Å². The highest BCUT2D eigenvalue weighted by Crippen LogP contribution is 2.31. The molecule has 2 fully saturated rings. The summed E-state index contributed by atoms with van der Waals surface area (Å²) in [6, 6.07) is 7.45. The molecule has 3 heterocycles. The fourth-order valence-electron chi connectivity index (χ4n) is 3.34. The van der Waals surface area contributed by atoms with E-state index in [0.717, 1.165) is 12.0 Å². The fraction of sp³-hybridized carbons (Fsp3) is 0.500. The summed E-state index contributed by atoms with van der Waals surface area (Å²) in [5.74, 6) is 0.810. The number of carbonyl (C=O) groups is 1. The lowest BCUT2D eigenvalue weighted by Gasteiger charge is -2.12. The molecule has 7 nitrogen and oxygen atoms in total. The highest BCUT2D eigenvalue weighted by atomic mass is 16.6. The van der Waals surface area contributed by atoms with E-state index in [1.54, 1.807) is 7.05 Å². The second kappa shape index (κ2) is 5.84. The number of nitrogens with one attached hydrogen (secondary N) is 1. The SMILES string of the molecule is CC(C)c1ccc(-c2nn([C@H]3CCC4OC4NC3=O)c(=O)n2C)cc1. The molecule has 1 N–H and O–H groups in total. The van der Waals surface area contributed by atoms with Crippen molar-refractivity contribution in [2.24, 2.45) is 7.05 Å². The van der Waals surface area contributed by atoms with Crippen LogP contribution in [0.2, 0.25) is 0 Å². The minimum atomic E-state index is -0.584. The van der Waals surface area contributed by atoms with Crippen LogP contribution in [0.15, 0.2) is 29.1 Å². The van der Waals surface area contributed by atoms with Crippen molar-refractivity contribution in [3.8, 4) is 11.4 Å². The summed E-state index contributed by atoms with van der Waals surface area (Å²) in [6.07, 6.45) is 1.18. The lowest BCUT2D eigenvalue weighted by Crippen LogP contribution is -2.38. The molecule has 132 valence electrons. The molecule has 7 heteroatoms. The first-order valence-corrected chi connectivity index (χ1v) is 8.67. The zero-order chi connectivity index (χ0) is 17.7. The van der Waals surface area contributed by atoms with Crippen LogP contribution in [-0.4, -0.2) is 32.6 Å². The van der Waals surface area contributed by atoms with E-state index in [4.69, 9.17) is 4.74 Å². The van der Waals surface area contributed by atoms with Gasteiger partial charge in [-0.2, -0.15) is 0 Å². The molecule has 0 spiro atoms. The molecule has 1 amide bonds. The van der Waals surface area contributed by atoms with Crippen LogP contribution in [-0.2, 0) is 16.6 Å². The predicted octanol–water partition coefficient (Wildman–Crippen LogP) is 1.55. The van der Waals surface area contributed by atoms with Crippen LogP contribution in [0, 0.1) is 0 Å². The first-order chi connectivity index (χ1) is 12.0. The topological polar surface area (TPSA) is 81.5 Å². The van der Waals surface area contributed by atoms with Crippen molar-refractivity contribution >= 4 is 5.91 Å². The van der Waals surface area contributed by atoms with Crippen molar-refractivity contribution < 1.29 is 9.53 Å². The molecule has 4 rings (SSSR count). The van der Waals surface area contributed by atoms with E-state index in [2.05, 4.69) is 24.3 Å². The minimum Gasteiger partial charge on any atom is -0.348 e.